The minimum Gasteiger partial charge on any atom is -0.444 e. The molecule has 1 N–H and O–H groups in total. The number of nitrogens with one attached hydrogen (secondary N) is 1. The number of rotatable bonds is 1. The summed E-state index contributed by atoms with van der Waals surface area (Å²) in [5.41, 5.74) is 0.276. The van der Waals surface area contributed by atoms with E-state index in [0.717, 1.165) is 0 Å². The van der Waals surface area contributed by atoms with Crippen LogP contribution in [-0.2, 0) is 4.74 Å². The number of alkyl carbamates (subject to hydrolysis) is 1. The van der Waals surface area contributed by atoms with Gasteiger partial charge in [-0.3, -0.25) is 0 Å². The van der Waals surface area contributed by atoms with Crippen LogP contribution in [0.2, 0.25) is 0 Å². The molecule has 5 heteroatoms. The van der Waals surface area contributed by atoms with Crippen molar-refractivity contribution in [2.24, 2.45) is 0 Å². The molecule has 0 aromatic carbocycles. The molecule has 1 heterocycles. The van der Waals surface area contributed by atoms with Gasteiger partial charge in [0.2, 0.25) is 0 Å². The van der Waals surface area contributed by atoms with Crippen LogP contribution >= 0.6 is 0 Å². The summed E-state index contributed by atoms with van der Waals surface area (Å²) in [6.07, 6.45) is 1.01. The first-order valence-corrected chi connectivity index (χ1v) is 5.73. The van der Waals surface area contributed by atoms with Gasteiger partial charge in [0.1, 0.15) is 11.7 Å². The third-order valence-electron chi connectivity index (χ3n) is 1.86. The maximum Gasteiger partial charge on any atom is 0.408 e. The molecule has 0 aliphatic carbocycles. The molecule has 0 atom stereocenters. The summed E-state index contributed by atoms with van der Waals surface area (Å²) in [7, 11) is 0. The van der Waals surface area contributed by atoms with E-state index in [-0.39, 0.29) is 12.2 Å². The number of hydrogen-bond donors (Lipinski definition) is 1. The highest BCUT2D eigenvalue weighted by molar-refractivity contribution is 5.68. The average Bonchev–Trinajstić information content (AvgIpc) is 2.33. The van der Waals surface area contributed by atoms with Gasteiger partial charge in [0.15, 0.2) is 5.69 Å². The van der Waals surface area contributed by atoms with Crippen molar-refractivity contribution in [3.05, 3.63) is 29.6 Å². The van der Waals surface area contributed by atoms with Crippen molar-refractivity contribution in [1.29, 1.82) is 5.26 Å². The smallest absolute Gasteiger partial charge is 0.408 e. The maximum atomic E-state index is 11.3. The van der Waals surface area contributed by atoms with Crippen molar-refractivity contribution < 1.29 is 9.53 Å². The van der Waals surface area contributed by atoms with Crippen LogP contribution in [0.4, 0.5) is 4.79 Å². The van der Waals surface area contributed by atoms with E-state index in [2.05, 4.69) is 22.1 Å². The lowest BCUT2D eigenvalue weighted by atomic mass is 10.2. The molecule has 0 aliphatic rings. The minimum absolute atomic E-state index is 0.147. The van der Waals surface area contributed by atoms with Crippen LogP contribution < -0.4 is 5.32 Å². The molecule has 98 valence electrons. The first kappa shape index (κ1) is 14.5. The van der Waals surface area contributed by atoms with E-state index in [1.54, 1.807) is 32.9 Å². The Hall–Kier alpha value is -2.53. The lowest BCUT2D eigenvalue weighted by molar-refractivity contribution is 0.0535. The Morgan fingerprint density at radius 1 is 1.53 bits per heavy atom. The van der Waals surface area contributed by atoms with Gasteiger partial charge in [-0.05, 0) is 32.9 Å². The zero-order valence-corrected chi connectivity index (χ0v) is 11.2. The van der Waals surface area contributed by atoms with E-state index in [1.165, 1.54) is 6.20 Å². The van der Waals surface area contributed by atoms with Crippen molar-refractivity contribution in [1.82, 2.24) is 10.3 Å². The van der Waals surface area contributed by atoms with Crippen molar-refractivity contribution >= 4 is 6.09 Å². The number of carbonyl (C=O) groups excluding carboxylic acids is 1. The molecule has 0 spiro atoms. The van der Waals surface area contributed by atoms with Crippen LogP contribution in [0.25, 0.3) is 0 Å². The molecule has 0 fully saturated rings. The average molecular weight is 257 g/mol. The Labute approximate surface area is 112 Å². The third kappa shape index (κ3) is 5.56. The van der Waals surface area contributed by atoms with Gasteiger partial charge in [-0.15, -0.1) is 0 Å². The quantitative estimate of drug-likeness (QED) is 0.779. The lowest BCUT2D eigenvalue weighted by Gasteiger charge is -2.18. The van der Waals surface area contributed by atoms with Gasteiger partial charge in [-0.25, -0.2) is 9.78 Å². The largest absolute Gasteiger partial charge is 0.444 e. The zero-order chi connectivity index (χ0) is 14.3. The van der Waals surface area contributed by atoms with Crippen LogP contribution in [0.15, 0.2) is 18.3 Å². The molecule has 0 bridgehead atoms. The number of nitrogens with zero attached hydrogens (tertiary/aromatic N) is 2. The van der Waals surface area contributed by atoms with E-state index >= 15 is 0 Å². The molecule has 0 saturated carbocycles. The van der Waals surface area contributed by atoms with Crippen molar-refractivity contribution in [2.75, 3.05) is 6.54 Å². The normalized spacial score (nSPS) is 9.79. The second-order valence-electron chi connectivity index (χ2n) is 4.67. The number of carbonyl (C=O) groups is 1. The highest BCUT2D eigenvalue weighted by atomic mass is 16.6. The summed E-state index contributed by atoms with van der Waals surface area (Å²) >= 11 is 0. The standard InChI is InChI=1S/C14H15N3O2/c1-14(2,3)19-13(18)17-9-5-7-11-6-4-8-16-12(11)10-15/h4,6,8H,9H2,1-3H3,(H,17,18). The summed E-state index contributed by atoms with van der Waals surface area (Å²) < 4.78 is 5.05. The molecule has 1 aromatic rings. The molecule has 5 nitrogen and oxygen atoms in total. The number of pyridine rings is 1. The van der Waals surface area contributed by atoms with Gasteiger partial charge in [0.25, 0.3) is 0 Å². The zero-order valence-electron chi connectivity index (χ0n) is 11.2. The van der Waals surface area contributed by atoms with Crippen LogP contribution in [0.3, 0.4) is 0 Å². The van der Waals surface area contributed by atoms with Crippen molar-refractivity contribution in [3.63, 3.8) is 0 Å². The topological polar surface area (TPSA) is 75.0 Å². The Balaban J connectivity index is 2.53. The molecule has 0 unspecified atom stereocenters. The number of ether oxygens (including phenoxy) is 1. The van der Waals surface area contributed by atoms with E-state index in [9.17, 15) is 4.79 Å². The Kier molecular flexibility index (Phi) is 4.91. The van der Waals surface area contributed by atoms with Gasteiger partial charge in [-0.2, -0.15) is 5.26 Å². The van der Waals surface area contributed by atoms with Crippen molar-refractivity contribution in [3.8, 4) is 17.9 Å². The maximum absolute atomic E-state index is 11.3. The fraction of sp³-hybridized carbons (Fsp3) is 0.357. The number of aromatic nitrogens is 1. The fourth-order valence-corrected chi connectivity index (χ4v) is 1.17. The summed E-state index contributed by atoms with van der Waals surface area (Å²) in [5, 5.41) is 11.3. The number of amides is 1. The third-order valence-corrected chi connectivity index (χ3v) is 1.86. The molecule has 1 rings (SSSR count). The van der Waals surface area contributed by atoms with Gasteiger partial charge < -0.3 is 10.1 Å². The molecular formula is C14H15N3O2. The van der Waals surface area contributed by atoms with Crippen molar-refractivity contribution in [2.45, 2.75) is 26.4 Å². The second-order valence-corrected chi connectivity index (χ2v) is 4.67. The molecule has 0 saturated heterocycles. The van der Waals surface area contributed by atoms with E-state index in [0.29, 0.717) is 5.56 Å². The number of hydrogen-bond acceptors (Lipinski definition) is 4. The molecule has 1 aromatic heterocycles. The molecule has 1 amide bonds. The van der Waals surface area contributed by atoms with Crippen LogP contribution in [0.5, 0.6) is 0 Å². The lowest BCUT2D eigenvalue weighted by Crippen LogP contribution is -2.32. The molecule has 0 aliphatic heterocycles. The highest BCUT2D eigenvalue weighted by Crippen LogP contribution is 2.06. The summed E-state index contributed by atoms with van der Waals surface area (Å²) in [5.74, 6) is 5.52. The highest BCUT2D eigenvalue weighted by Gasteiger charge is 2.14. The van der Waals surface area contributed by atoms with Gasteiger partial charge in [0, 0.05) is 6.20 Å². The minimum atomic E-state index is -0.533. The fourth-order valence-electron chi connectivity index (χ4n) is 1.17. The van der Waals surface area contributed by atoms with Crippen LogP contribution in [0.1, 0.15) is 32.0 Å². The SMILES string of the molecule is CC(C)(C)OC(=O)NCC#Cc1cccnc1C#N. The molecule has 0 radical (unpaired) electrons. The van der Waals surface area contributed by atoms with Gasteiger partial charge in [0.05, 0.1) is 12.1 Å². The first-order chi connectivity index (χ1) is 8.92. The Morgan fingerprint density at radius 2 is 2.26 bits per heavy atom. The van der Waals surface area contributed by atoms with Crippen LogP contribution in [0, 0.1) is 23.2 Å². The number of nitriles is 1. The predicted octanol–water partition coefficient (Wildman–Crippen LogP) is 1.83. The monoisotopic (exact) mass is 257 g/mol. The summed E-state index contributed by atoms with van der Waals surface area (Å²) in [4.78, 5) is 15.2. The van der Waals surface area contributed by atoms with E-state index in [4.69, 9.17) is 10.00 Å². The summed E-state index contributed by atoms with van der Waals surface area (Å²) in [6.45, 7) is 5.50. The van der Waals surface area contributed by atoms with Gasteiger partial charge in [-0.1, -0.05) is 11.8 Å². The van der Waals surface area contributed by atoms with E-state index < -0.39 is 11.7 Å². The van der Waals surface area contributed by atoms with E-state index in [1.807, 2.05) is 6.07 Å². The first-order valence-electron chi connectivity index (χ1n) is 5.73. The summed E-state index contributed by atoms with van der Waals surface area (Å²) in [6, 6.07) is 5.35. The van der Waals surface area contributed by atoms with Crippen LogP contribution in [-0.4, -0.2) is 23.2 Å². The van der Waals surface area contributed by atoms with Gasteiger partial charge >= 0.3 is 6.09 Å². The second kappa shape index (κ2) is 6.42. The molecular weight excluding hydrogens is 242 g/mol. The Bertz CT molecular complexity index is 557. The predicted molar refractivity (Wildman–Crippen MR) is 70.1 cm³/mol. The molecule has 19 heavy (non-hydrogen) atoms. The Morgan fingerprint density at radius 3 is 2.89 bits per heavy atom.